The molecule has 0 atom stereocenters. The molecule has 1 aliphatic rings. The average Bonchev–Trinajstić information content (AvgIpc) is 2.81. The molecule has 0 saturated heterocycles. The van der Waals surface area contributed by atoms with Crippen LogP contribution in [0.4, 0.5) is 0 Å². The minimum atomic E-state index is 0.143. The predicted octanol–water partition coefficient (Wildman–Crippen LogP) is 2.59. The highest BCUT2D eigenvalue weighted by molar-refractivity contribution is 5.76. The molecule has 92 valence electrons. The van der Waals surface area contributed by atoms with Crippen molar-refractivity contribution in [2.24, 2.45) is 5.92 Å². The minimum Gasteiger partial charge on any atom is -0.508 e. The number of phenolic OH excluding ortho intramolecular Hbond substituents is 1. The van der Waals surface area contributed by atoms with Gasteiger partial charge in [-0.3, -0.25) is 4.79 Å². The van der Waals surface area contributed by atoms with Gasteiger partial charge in [-0.1, -0.05) is 25.0 Å². The number of amides is 1. The molecule has 2 N–H and O–H groups in total. The number of phenols is 1. The SMILES string of the molecule is O=C(CC1CCCC1)NCc1ccc(O)cc1. The predicted molar refractivity (Wildman–Crippen MR) is 66.5 cm³/mol. The van der Waals surface area contributed by atoms with Gasteiger partial charge in [0, 0.05) is 13.0 Å². The molecule has 0 bridgehead atoms. The van der Waals surface area contributed by atoms with Crippen molar-refractivity contribution in [1.29, 1.82) is 0 Å². The van der Waals surface area contributed by atoms with Crippen LogP contribution in [0.1, 0.15) is 37.7 Å². The highest BCUT2D eigenvalue weighted by Crippen LogP contribution is 2.27. The normalized spacial score (nSPS) is 16.0. The number of benzene rings is 1. The summed E-state index contributed by atoms with van der Waals surface area (Å²) < 4.78 is 0. The maximum atomic E-state index is 11.7. The summed E-state index contributed by atoms with van der Waals surface area (Å²) in [6, 6.07) is 6.92. The van der Waals surface area contributed by atoms with Crippen molar-refractivity contribution in [3.05, 3.63) is 29.8 Å². The number of hydrogen-bond donors (Lipinski definition) is 2. The molecular formula is C14H19NO2. The van der Waals surface area contributed by atoms with Crippen LogP contribution in [0.3, 0.4) is 0 Å². The van der Waals surface area contributed by atoms with Crippen LogP contribution in [0.5, 0.6) is 5.75 Å². The second-order valence-corrected chi connectivity index (χ2v) is 4.80. The molecule has 3 nitrogen and oxygen atoms in total. The van der Waals surface area contributed by atoms with E-state index in [0.717, 1.165) is 5.56 Å². The third-order valence-electron chi connectivity index (χ3n) is 3.37. The Morgan fingerprint density at radius 2 is 1.88 bits per heavy atom. The zero-order chi connectivity index (χ0) is 12.1. The highest BCUT2D eigenvalue weighted by Gasteiger charge is 2.17. The van der Waals surface area contributed by atoms with Crippen molar-refractivity contribution >= 4 is 5.91 Å². The first-order chi connectivity index (χ1) is 8.24. The van der Waals surface area contributed by atoms with Gasteiger partial charge in [-0.25, -0.2) is 0 Å². The Kier molecular flexibility index (Phi) is 4.02. The average molecular weight is 233 g/mol. The topological polar surface area (TPSA) is 49.3 Å². The quantitative estimate of drug-likeness (QED) is 0.839. The van der Waals surface area contributed by atoms with E-state index in [4.69, 9.17) is 5.11 Å². The Labute approximate surface area is 102 Å². The summed E-state index contributed by atoms with van der Waals surface area (Å²) in [5.74, 6) is 0.992. The fourth-order valence-corrected chi connectivity index (χ4v) is 2.36. The van der Waals surface area contributed by atoms with E-state index in [2.05, 4.69) is 5.32 Å². The van der Waals surface area contributed by atoms with Crippen LogP contribution in [0.15, 0.2) is 24.3 Å². The van der Waals surface area contributed by atoms with Gasteiger partial charge >= 0.3 is 0 Å². The van der Waals surface area contributed by atoms with E-state index in [0.29, 0.717) is 18.9 Å². The van der Waals surface area contributed by atoms with Crippen LogP contribution in [0.2, 0.25) is 0 Å². The molecule has 1 saturated carbocycles. The van der Waals surface area contributed by atoms with Crippen molar-refractivity contribution in [2.45, 2.75) is 38.6 Å². The van der Waals surface area contributed by atoms with Crippen molar-refractivity contribution in [2.75, 3.05) is 0 Å². The van der Waals surface area contributed by atoms with Gasteiger partial charge in [-0.15, -0.1) is 0 Å². The molecule has 2 rings (SSSR count). The van der Waals surface area contributed by atoms with Crippen LogP contribution < -0.4 is 5.32 Å². The smallest absolute Gasteiger partial charge is 0.220 e. The van der Waals surface area contributed by atoms with Crippen molar-refractivity contribution < 1.29 is 9.90 Å². The zero-order valence-electron chi connectivity index (χ0n) is 9.98. The van der Waals surface area contributed by atoms with Gasteiger partial charge in [0.15, 0.2) is 0 Å². The Hall–Kier alpha value is -1.51. The van der Waals surface area contributed by atoms with E-state index in [9.17, 15) is 4.79 Å². The van der Waals surface area contributed by atoms with Gasteiger partial charge in [0.25, 0.3) is 0 Å². The van der Waals surface area contributed by atoms with Gasteiger partial charge in [-0.2, -0.15) is 0 Å². The van der Waals surface area contributed by atoms with E-state index in [-0.39, 0.29) is 11.7 Å². The van der Waals surface area contributed by atoms with Crippen LogP contribution in [-0.4, -0.2) is 11.0 Å². The maximum Gasteiger partial charge on any atom is 0.220 e. The maximum absolute atomic E-state index is 11.7. The molecule has 0 spiro atoms. The van der Waals surface area contributed by atoms with E-state index >= 15 is 0 Å². The first kappa shape index (κ1) is 12.0. The van der Waals surface area contributed by atoms with E-state index in [1.165, 1.54) is 25.7 Å². The summed E-state index contributed by atoms with van der Waals surface area (Å²) in [6.45, 7) is 0.547. The second-order valence-electron chi connectivity index (χ2n) is 4.80. The summed E-state index contributed by atoms with van der Waals surface area (Å²) in [6.07, 6.45) is 5.61. The molecule has 0 heterocycles. The van der Waals surface area contributed by atoms with Crippen molar-refractivity contribution in [3.8, 4) is 5.75 Å². The standard InChI is InChI=1S/C14H19NO2/c16-13-7-5-12(6-8-13)10-15-14(17)9-11-3-1-2-4-11/h5-8,11,16H,1-4,9-10H2,(H,15,17). The third-order valence-corrected chi connectivity index (χ3v) is 3.37. The molecule has 0 unspecified atom stereocenters. The van der Waals surface area contributed by atoms with Crippen LogP contribution >= 0.6 is 0 Å². The molecule has 1 aromatic rings. The Morgan fingerprint density at radius 1 is 1.24 bits per heavy atom. The largest absolute Gasteiger partial charge is 0.508 e. The Morgan fingerprint density at radius 3 is 2.53 bits per heavy atom. The summed E-state index contributed by atoms with van der Waals surface area (Å²) in [5.41, 5.74) is 1.02. The van der Waals surface area contributed by atoms with Crippen LogP contribution in [-0.2, 0) is 11.3 Å². The number of hydrogen-bond acceptors (Lipinski definition) is 2. The molecule has 3 heteroatoms. The number of carbonyl (C=O) groups is 1. The number of nitrogens with one attached hydrogen (secondary N) is 1. The van der Waals surface area contributed by atoms with E-state index < -0.39 is 0 Å². The molecule has 0 radical (unpaired) electrons. The molecule has 0 aliphatic heterocycles. The molecule has 1 fully saturated rings. The summed E-state index contributed by atoms with van der Waals surface area (Å²) in [5, 5.41) is 12.1. The fraction of sp³-hybridized carbons (Fsp3) is 0.500. The van der Waals surface area contributed by atoms with Crippen LogP contribution in [0, 0.1) is 5.92 Å². The summed E-state index contributed by atoms with van der Waals surface area (Å²) >= 11 is 0. The number of carbonyl (C=O) groups excluding carboxylic acids is 1. The Bertz CT molecular complexity index is 366. The molecule has 1 aliphatic carbocycles. The minimum absolute atomic E-state index is 0.143. The van der Waals surface area contributed by atoms with Gasteiger partial charge in [0.1, 0.15) is 5.75 Å². The van der Waals surface area contributed by atoms with Crippen LogP contribution in [0.25, 0.3) is 0 Å². The number of rotatable bonds is 4. The third kappa shape index (κ3) is 3.77. The summed E-state index contributed by atoms with van der Waals surface area (Å²) in [4.78, 5) is 11.7. The molecule has 1 aromatic carbocycles. The lowest BCUT2D eigenvalue weighted by molar-refractivity contribution is -0.122. The number of aromatic hydroxyl groups is 1. The Balaban J connectivity index is 1.73. The lowest BCUT2D eigenvalue weighted by atomic mass is 10.0. The molecule has 0 aromatic heterocycles. The first-order valence-electron chi connectivity index (χ1n) is 6.28. The first-order valence-corrected chi connectivity index (χ1v) is 6.28. The molecule has 1 amide bonds. The zero-order valence-corrected chi connectivity index (χ0v) is 9.98. The lowest BCUT2D eigenvalue weighted by Crippen LogP contribution is -2.24. The highest BCUT2D eigenvalue weighted by atomic mass is 16.3. The molecule has 17 heavy (non-hydrogen) atoms. The summed E-state index contributed by atoms with van der Waals surface area (Å²) in [7, 11) is 0. The molecular weight excluding hydrogens is 214 g/mol. The van der Waals surface area contributed by atoms with Gasteiger partial charge in [-0.05, 0) is 36.5 Å². The van der Waals surface area contributed by atoms with Gasteiger partial charge in [0.05, 0.1) is 0 Å². The fourth-order valence-electron chi connectivity index (χ4n) is 2.36. The van der Waals surface area contributed by atoms with E-state index in [1.54, 1.807) is 12.1 Å². The van der Waals surface area contributed by atoms with E-state index in [1.807, 2.05) is 12.1 Å². The second kappa shape index (κ2) is 5.71. The van der Waals surface area contributed by atoms with Crippen molar-refractivity contribution in [1.82, 2.24) is 5.32 Å². The lowest BCUT2D eigenvalue weighted by Gasteiger charge is -2.09. The van der Waals surface area contributed by atoms with Crippen molar-refractivity contribution in [3.63, 3.8) is 0 Å². The monoisotopic (exact) mass is 233 g/mol. The van der Waals surface area contributed by atoms with Gasteiger partial charge in [0.2, 0.25) is 5.91 Å². The van der Waals surface area contributed by atoms with Gasteiger partial charge < -0.3 is 10.4 Å².